The molecule has 0 saturated heterocycles. The molecular weight excluding hydrogens is 336 g/mol. The number of hydrogen-bond donors (Lipinski definition) is 2. The Labute approximate surface area is 164 Å². The van der Waals surface area contributed by atoms with Crippen LogP contribution in [0.4, 0.5) is 0 Å². The third kappa shape index (κ3) is 5.47. The van der Waals surface area contributed by atoms with Gasteiger partial charge in [0.05, 0.1) is 0 Å². The van der Waals surface area contributed by atoms with Gasteiger partial charge >= 0.3 is 0 Å². The summed E-state index contributed by atoms with van der Waals surface area (Å²) in [7, 11) is 7.98. The molecule has 0 aliphatic heterocycles. The molecule has 2 N–H and O–H groups in total. The second kappa shape index (κ2) is 9.25. The van der Waals surface area contributed by atoms with Crippen molar-refractivity contribution in [3.63, 3.8) is 0 Å². The highest BCUT2D eigenvalue weighted by Gasteiger charge is 2.21. The molecular formula is C23H34N2O2. The summed E-state index contributed by atoms with van der Waals surface area (Å²) in [4.78, 5) is 4.10. The summed E-state index contributed by atoms with van der Waals surface area (Å²) in [6.45, 7) is 5.81. The van der Waals surface area contributed by atoms with Gasteiger partial charge in [0.1, 0.15) is 11.5 Å². The summed E-state index contributed by atoms with van der Waals surface area (Å²) >= 11 is 0. The molecule has 27 heavy (non-hydrogen) atoms. The number of phenols is 2. The molecule has 0 bridgehead atoms. The lowest BCUT2D eigenvalue weighted by atomic mass is 9.80. The van der Waals surface area contributed by atoms with E-state index in [1.165, 1.54) is 0 Å². The molecule has 4 heteroatoms. The van der Waals surface area contributed by atoms with E-state index in [0.717, 1.165) is 41.8 Å². The Bertz CT molecular complexity index is 756. The topological polar surface area (TPSA) is 46.9 Å². The quantitative estimate of drug-likeness (QED) is 0.717. The minimum absolute atomic E-state index is 0.244. The molecule has 2 atom stereocenters. The fraction of sp³-hybridized carbons (Fsp3) is 0.478. The summed E-state index contributed by atoms with van der Waals surface area (Å²) in [6.07, 6.45) is 0.966. The maximum atomic E-state index is 10.4. The van der Waals surface area contributed by atoms with Crippen LogP contribution in [0.3, 0.4) is 0 Å². The van der Waals surface area contributed by atoms with Gasteiger partial charge in [-0.2, -0.15) is 0 Å². The number of aromatic hydroxyl groups is 2. The van der Waals surface area contributed by atoms with E-state index >= 15 is 0 Å². The molecule has 0 aliphatic carbocycles. The van der Waals surface area contributed by atoms with Gasteiger partial charge in [0.2, 0.25) is 0 Å². The van der Waals surface area contributed by atoms with E-state index in [9.17, 15) is 10.2 Å². The van der Waals surface area contributed by atoms with E-state index < -0.39 is 0 Å². The average Bonchev–Trinajstić information content (AvgIpc) is 2.59. The first-order chi connectivity index (χ1) is 12.7. The second-order valence-corrected chi connectivity index (χ2v) is 8.06. The van der Waals surface area contributed by atoms with E-state index in [2.05, 4.69) is 26.0 Å². The van der Waals surface area contributed by atoms with Crippen molar-refractivity contribution in [3.05, 3.63) is 58.7 Å². The molecule has 0 aromatic heterocycles. The Morgan fingerprint density at radius 2 is 1.22 bits per heavy atom. The third-order valence-electron chi connectivity index (χ3n) is 5.19. The van der Waals surface area contributed by atoms with Crippen molar-refractivity contribution in [1.82, 2.24) is 9.80 Å². The van der Waals surface area contributed by atoms with Gasteiger partial charge in [-0.1, -0.05) is 38.1 Å². The number of nitrogens with zero attached hydrogens (tertiary/aromatic N) is 2. The maximum Gasteiger partial charge on any atom is 0.120 e. The van der Waals surface area contributed by atoms with Crippen LogP contribution in [0, 0.1) is 0 Å². The lowest BCUT2D eigenvalue weighted by Gasteiger charge is -2.25. The number of phenolic OH excluding ortho intramolecular Hbond substituents is 2. The standard InChI is InChI=1S/C23H34N2O2/c1-7-21(18-9-11-20(15-25(5)6)23(27)13-18)16(2)17-8-10-19(14-24(3)4)22(26)12-17/h8-13,16,21,26-27H,7,14-15H2,1-6H3. The predicted molar refractivity (Wildman–Crippen MR) is 112 cm³/mol. The molecule has 0 fully saturated rings. The SMILES string of the molecule is CCC(c1ccc(CN(C)C)c(O)c1)C(C)c1ccc(CN(C)C)c(O)c1. The monoisotopic (exact) mass is 370 g/mol. The Morgan fingerprint density at radius 1 is 0.778 bits per heavy atom. The van der Waals surface area contributed by atoms with Crippen LogP contribution in [0.25, 0.3) is 0 Å². The molecule has 0 aliphatic rings. The van der Waals surface area contributed by atoms with Crippen LogP contribution in [0.1, 0.15) is 54.4 Å². The van der Waals surface area contributed by atoms with Crippen molar-refractivity contribution in [2.24, 2.45) is 0 Å². The van der Waals surface area contributed by atoms with Gasteiger partial charge in [-0.15, -0.1) is 0 Å². The van der Waals surface area contributed by atoms with Gasteiger partial charge in [0.15, 0.2) is 0 Å². The maximum absolute atomic E-state index is 10.4. The molecule has 0 radical (unpaired) electrons. The Kier molecular flexibility index (Phi) is 7.28. The zero-order valence-electron chi connectivity index (χ0n) is 17.5. The van der Waals surface area contributed by atoms with Crippen LogP contribution >= 0.6 is 0 Å². The van der Waals surface area contributed by atoms with Crippen molar-refractivity contribution in [2.75, 3.05) is 28.2 Å². The van der Waals surface area contributed by atoms with Gasteiger partial charge in [0, 0.05) is 24.2 Å². The van der Waals surface area contributed by atoms with Crippen LogP contribution < -0.4 is 0 Å². The summed E-state index contributed by atoms with van der Waals surface area (Å²) in [5, 5.41) is 20.8. The predicted octanol–water partition coefficient (Wildman–Crippen LogP) is 4.52. The minimum atomic E-state index is 0.244. The molecule has 0 heterocycles. The minimum Gasteiger partial charge on any atom is -0.508 e. The summed E-state index contributed by atoms with van der Waals surface area (Å²) in [6, 6.07) is 12.1. The van der Waals surface area contributed by atoms with Gasteiger partial charge < -0.3 is 20.0 Å². The van der Waals surface area contributed by atoms with E-state index in [1.807, 2.05) is 62.3 Å². The average molecular weight is 371 g/mol. The van der Waals surface area contributed by atoms with Crippen molar-refractivity contribution >= 4 is 0 Å². The highest BCUT2D eigenvalue weighted by molar-refractivity contribution is 5.42. The van der Waals surface area contributed by atoms with Crippen LogP contribution in [-0.2, 0) is 13.1 Å². The highest BCUT2D eigenvalue weighted by atomic mass is 16.3. The van der Waals surface area contributed by atoms with Crippen molar-refractivity contribution in [2.45, 2.75) is 45.2 Å². The molecule has 2 aromatic rings. The second-order valence-electron chi connectivity index (χ2n) is 8.06. The molecule has 2 rings (SSSR count). The summed E-state index contributed by atoms with van der Waals surface area (Å²) in [5.74, 6) is 1.24. The molecule has 4 nitrogen and oxygen atoms in total. The van der Waals surface area contributed by atoms with E-state index in [1.54, 1.807) is 0 Å². The normalized spacial score (nSPS) is 13.9. The number of rotatable bonds is 8. The zero-order valence-corrected chi connectivity index (χ0v) is 17.5. The zero-order chi connectivity index (χ0) is 20.1. The Morgan fingerprint density at radius 3 is 1.63 bits per heavy atom. The van der Waals surface area contributed by atoms with E-state index in [-0.39, 0.29) is 11.8 Å². The van der Waals surface area contributed by atoms with Crippen LogP contribution in [0.15, 0.2) is 36.4 Å². The molecule has 0 saturated carbocycles. The lowest BCUT2D eigenvalue weighted by Crippen LogP contribution is -2.12. The highest BCUT2D eigenvalue weighted by Crippen LogP contribution is 2.38. The third-order valence-corrected chi connectivity index (χ3v) is 5.19. The van der Waals surface area contributed by atoms with E-state index in [0.29, 0.717) is 11.5 Å². The largest absolute Gasteiger partial charge is 0.508 e. The van der Waals surface area contributed by atoms with Gasteiger partial charge in [-0.25, -0.2) is 0 Å². The van der Waals surface area contributed by atoms with Crippen LogP contribution in [-0.4, -0.2) is 48.2 Å². The smallest absolute Gasteiger partial charge is 0.120 e. The first-order valence-corrected chi connectivity index (χ1v) is 9.66. The molecule has 2 aromatic carbocycles. The molecule has 0 amide bonds. The summed E-state index contributed by atoms with van der Waals surface area (Å²) < 4.78 is 0. The Balaban J connectivity index is 2.26. The van der Waals surface area contributed by atoms with Gasteiger partial charge in [0.25, 0.3) is 0 Å². The molecule has 148 valence electrons. The van der Waals surface area contributed by atoms with Crippen LogP contribution in [0.5, 0.6) is 11.5 Å². The van der Waals surface area contributed by atoms with Crippen LogP contribution in [0.2, 0.25) is 0 Å². The van der Waals surface area contributed by atoms with E-state index in [4.69, 9.17) is 0 Å². The summed E-state index contributed by atoms with van der Waals surface area (Å²) in [5.41, 5.74) is 4.15. The first-order valence-electron chi connectivity index (χ1n) is 9.66. The van der Waals surface area contributed by atoms with Crippen molar-refractivity contribution in [3.8, 4) is 11.5 Å². The van der Waals surface area contributed by atoms with Gasteiger partial charge in [-0.3, -0.25) is 0 Å². The van der Waals surface area contributed by atoms with Gasteiger partial charge in [-0.05, 0) is 69.7 Å². The van der Waals surface area contributed by atoms with Crippen molar-refractivity contribution in [1.29, 1.82) is 0 Å². The fourth-order valence-corrected chi connectivity index (χ4v) is 3.73. The number of benzene rings is 2. The lowest BCUT2D eigenvalue weighted by molar-refractivity contribution is 0.384. The first kappa shape index (κ1) is 21.3. The Hall–Kier alpha value is -2.04. The fourth-order valence-electron chi connectivity index (χ4n) is 3.73. The molecule has 2 unspecified atom stereocenters. The number of hydrogen-bond acceptors (Lipinski definition) is 4. The molecule has 0 spiro atoms. The van der Waals surface area contributed by atoms with Crippen molar-refractivity contribution < 1.29 is 10.2 Å².